The van der Waals surface area contributed by atoms with Crippen molar-refractivity contribution in [1.29, 1.82) is 0 Å². The molecule has 0 spiro atoms. The molecule has 1 aromatic carbocycles. The second kappa shape index (κ2) is 5.64. The number of pyridine rings is 1. The molecule has 2 heteroatoms. The van der Waals surface area contributed by atoms with Crippen LogP contribution in [-0.2, 0) is 7.05 Å². The Kier molecular flexibility index (Phi) is 3.68. The number of furan rings is 1. The highest BCUT2D eigenvalue weighted by Crippen LogP contribution is 2.36. The van der Waals surface area contributed by atoms with Gasteiger partial charge in [-0.25, -0.2) is 4.57 Å². The molecule has 22 heavy (non-hydrogen) atoms. The van der Waals surface area contributed by atoms with Crippen molar-refractivity contribution in [3.63, 3.8) is 0 Å². The van der Waals surface area contributed by atoms with Crippen molar-refractivity contribution in [1.82, 2.24) is 0 Å². The van der Waals surface area contributed by atoms with Gasteiger partial charge in [-0.15, -0.1) is 0 Å². The van der Waals surface area contributed by atoms with Gasteiger partial charge >= 0.3 is 0 Å². The van der Waals surface area contributed by atoms with Gasteiger partial charge in [-0.2, -0.15) is 0 Å². The molecule has 0 amide bonds. The predicted octanol–water partition coefficient (Wildman–Crippen LogP) is 4.91. The number of allylic oxidation sites excluding steroid dienone is 1. The van der Waals surface area contributed by atoms with Crippen molar-refractivity contribution in [2.24, 2.45) is 7.05 Å². The van der Waals surface area contributed by atoms with Crippen LogP contribution < -0.4 is 4.57 Å². The Morgan fingerprint density at radius 3 is 2.68 bits per heavy atom. The molecule has 0 aliphatic heterocycles. The minimum atomic E-state index is 0.818. The van der Waals surface area contributed by atoms with Crippen LogP contribution >= 0.6 is 0 Å². The first-order chi connectivity index (χ1) is 10.7. The van der Waals surface area contributed by atoms with Gasteiger partial charge in [0.25, 0.3) is 0 Å². The molecule has 2 nitrogen and oxygen atoms in total. The molecule has 0 radical (unpaired) electrons. The second-order valence-corrected chi connectivity index (χ2v) is 5.42. The summed E-state index contributed by atoms with van der Waals surface area (Å²) in [5.41, 5.74) is 5.49. The van der Waals surface area contributed by atoms with Crippen LogP contribution in [-0.4, -0.2) is 0 Å². The number of benzene rings is 1. The second-order valence-electron chi connectivity index (χ2n) is 5.42. The predicted molar refractivity (Wildman–Crippen MR) is 92.4 cm³/mol. The third-order valence-corrected chi connectivity index (χ3v) is 3.96. The quantitative estimate of drug-likeness (QED) is 0.626. The highest BCUT2D eigenvalue weighted by molar-refractivity contribution is 5.99. The van der Waals surface area contributed by atoms with Crippen molar-refractivity contribution >= 4 is 23.1 Å². The molecule has 0 saturated carbocycles. The lowest BCUT2D eigenvalue weighted by Crippen LogP contribution is -2.30. The van der Waals surface area contributed by atoms with Gasteiger partial charge in [0.1, 0.15) is 18.4 Å². The lowest BCUT2D eigenvalue weighted by molar-refractivity contribution is -0.660. The van der Waals surface area contributed by atoms with Gasteiger partial charge in [0.2, 0.25) is 5.69 Å². The van der Waals surface area contributed by atoms with Gasteiger partial charge in [-0.1, -0.05) is 30.9 Å². The molecule has 2 heterocycles. The van der Waals surface area contributed by atoms with E-state index in [-0.39, 0.29) is 0 Å². The van der Waals surface area contributed by atoms with Gasteiger partial charge in [-0.05, 0) is 31.6 Å². The number of fused-ring (bicyclic) bond motifs is 1. The van der Waals surface area contributed by atoms with E-state index in [2.05, 4.69) is 61.7 Å². The Bertz CT molecular complexity index is 884. The van der Waals surface area contributed by atoms with Crippen molar-refractivity contribution in [2.45, 2.75) is 13.8 Å². The summed E-state index contributed by atoms with van der Waals surface area (Å²) in [4.78, 5) is 0. The van der Waals surface area contributed by atoms with Crippen LogP contribution in [0, 0.1) is 6.92 Å². The molecule has 0 N–H and O–H groups in total. The van der Waals surface area contributed by atoms with Crippen molar-refractivity contribution in [3.8, 4) is 11.3 Å². The fourth-order valence-corrected chi connectivity index (χ4v) is 2.89. The van der Waals surface area contributed by atoms with E-state index in [1.807, 2.05) is 19.1 Å². The Balaban J connectivity index is 2.43. The first-order valence-electron chi connectivity index (χ1n) is 7.43. The minimum Gasteiger partial charge on any atom is -0.455 e. The molecule has 2 aromatic heterocycles. The van der Waals surface area contributed by atoms with Gasteiger partial charge in [0, 0.05) is 23.1 Å². The minimum absolute atomic E-state index is 0.818. The number of hydrogen-bond acceptors (Lipinski definition) is 1. The first-order valence-corrected chi connectivity index (χ1v) is 7.43. The Morgan fingerprint density at radius 2 is 2.00 bits per heavy atom. The van der Waals surface area contributed by atoms with Crippen LogP contribution in [0.15, 0.2) is 53.6 Å². The third-order valence-electron chi connectivity index (χ3n) is 3.96. The number of nitrogens with zero attached hydrogens (tertiary/aromatic N) is 1. The van der Waals surface area contributed by atoms with E-state index in [9.17, 15) is 0 Å². The summed E-state index contributed by atoms with van der Waals surface area (Å²) in [6.45, 7) is 8.01. The van der Waals surface area contributed by atoms with Crippen LogP contribution in [0.4, 0.5) is 0 Å². The molecule has 0 bridgehead atoms. The number of aromatic nitrogens is 1. The summed E-state index contributed by atoms with van der Waals surface area (Å²) in [5.74, 6) is 0.818. The monoisotopic (exact) mass is 290 g/mol. The van der Waals surface area contributed by atoms with E-state index in [1.165, 1.54) is 5.56 Å². The summed E-state index contributed by atoms with van der Waals surface area (Å²) >= 11 is 0. The molecular weight excluding hydrogens is 270 g/mol. The summed E-state index contributed by atoms with van der Waals surface area (Å²) in [5, 5.41) is 1.12. The van der Waals surface area contributed by atoms with Gasteiger partial charge in [-0.3, -0.25) is 0 Å². The Morgan fingerprint density at radius 1 is 1.18 bits per heavy atom. The number of aryl methyl sites for hydroxylation is 2. The zero-order chi connectivity index (χ0) is 15.7. The average Bonchev–Trinajstić information content (AvgIpc) is 2.87. The molecule has 0 aliphatic carbocycles. The molecule has 0 unspecified atom stereocenters. The zero-order valence-electron chi connectivity index (χ0n) is 13.3. The standard InChI is InChI=1S/C20H20NO/c1-5-9-15-16-12-11-14(3)19(20(16)22-18(15)6-2)17-10-7-8-13-21(17)4/h5-13H,2H2,1,3-4H3/q+1/b9-5-. The third kappa shape index (κ3) is 2.17. The maximum Gasteiger partial charge on any atom is 0.216 e. The van der Waals surface area contributed by atoms with E-state index >= 15 is 0 Å². The zero-order valence-corrected chi connectivity index (χ0v) is 13.3. The highest BCUT2D eigenvalue weighted by atomic mass is 16.3. The number of hydrogen-bond donors (Lipinski definition) is 0. The van der Waals surface area contributed by atoms with Crippen molar-refractivity contribution in [3.05, 3.63) is 66.1 Å². The van der Waals surface area contributed by atoms with E-state index in [4.69, 9.17) is 4.42 Å². The van der Waals surface area contributed by atoms with Crippen LogP contribution in [0.1, 0.15) is 23.8 Å². The van der Waals surface area contributed by atoms with Gasteiger partial charge in [0.05, 0.1) is 5.56 Å². The summed E-state index contributed by atoms with van der Waals surface area (Å²) in [6, 6.07) is 10.5. The van der Waals surface area contributed by atoms with Crippen LogP contribution in [0.3, 0.4) is 0 Å². The average molecular weight is 290 g/mol. The van der Waals surface area contributed by atoms with Crippen LogP contribution in [0.2, 0.25) is 0 Å². The largest absolute Gasteiger partial charge is 0.455 e. The molecule has 0 atom stereocenters. The Hall–Kier alpha value is -2.61. The smallest absolute Gasteiger partial charge is 0.216 e. The molecular formula is C20H20NO+. The van der Waals surface area contributed by atoms with Crippen molar-refractivity contribution < 1.29 is 8.98 Å². The van der Waals surface area contributed by atoms with E-state index in [0.717, 1.165) is 33.6 Å². The van der Waals surface area contributed by atoms with Gasteiger partial charge < -0.3 is 4.42 Å². The summed E-state index contributed by atoms with van der Waals surface area (Å²) in [6.07, 6.45) is 7.93. The van der Waals surface area contributed by atoms with Crippen LogP contribution in [0.5, 0.6) is 0 Å². The van der Waals surface area contributed by atoms with E-state index in [0.29, 0.717) is 0 Å². The molecule has 0 saturated heterocycles. The molecule has 0 fully saturated rings. The summed E-state index contributed by atoms with van der Waals surface area (Å²) in [7, 11) is 2.05. The SMILES string of the molecule is C=Cc1oc2c(-c3cccc[n+]3C)c(C)ccc2c1/C=C\C. The maximum atomic E-state index is 6.14. The number of rotatable bonds is 3. The fourth-order valence-electron chi connectivity index (χ4n) is 2.89. The van der Waals surface area contributed by atoms with E-state index < -0.39 is 0 Å². The van der Waals surface area contributed by atoms with Crippen LogP contribution in [0.25, 0.3) is 34.4 Å². The molecule has 3 aromatic rings. The summed E-state index contributed by atoms with van der Waals surface area (Å²) < 4.78 is 8.26. The lowest BCUT2D eigenvalue weighted by atomic mass is 10.00. The van der Waals surface area contributed by atoms with Gasteiger partial charge in [0.15, 0.2) is 6.20 Å². The fraction of sp³-hybridized carbons (Fsp3) is 0.150. The maximum absolute atomic E-state index is 6.14. The van der Waals surface area contributed by atoms with E-state index in [1.54, 1.807) is 6.08 Å². The molecule has 0 aliphatic rings. The Labute approximate surface area is 131 Å². The van der Waals surface area contributed by atoms with Crippen molar-refractivity contribution in [2.75, 3.05) is 0 Å². The first kappa shape index (κ1) is 14.3. The normalized spacial score (nSPS) is 11.4. The topological polar surface area (TPSA) is 17.0 Å². The molecule has 3 rings (SSSR count). The highest BCUT2D eigenvalue weighted by Gasteiger charge is 2.20. The molecule has 110 valence electrons. The lowest BCUT2D eigenvalue weighted by Gasteiger charge is -2.05.